The molecule has 0 saturated heterocycles. The molecular formula is C10H16N2O3. The Morgan fingerprint density at radius 3 is 2.87 bits per heavy atom. The maximum atomic E-state index is 10.4. The normalized spacial score (nSPS) is 10.3. The molecule has 0 spiro atoms. The van der Waals surface area contributed by atoms with Crippen molar-refractivity contribution >= 4 is 6.16 Å². The van der Waals surface area contributed by atoms with Crippen LogP contribution in [0, 0.1) is 6.92 Å². The molecule has 0 aliphatic rings. The fourth-order valence-electron chi connectivity index (χ4n) is 1.40. The maximum Gasteiger partial charge on any atom is 0.511 e. The van der Waals surface area contributed by atoms with Crippen LogP contribution in [0.5, 0.6) is 5.75 Å². The zero-order valence-electron chi connectivity index (χ0n) is 9.04. The van der Waals surface area contributed by atoms with Gasteiger partial charge in [0.05, 0.1) is 5.69 Å². The summed E-state index contributed by atoms with van der Waals surface area (Å²) in [6.45, 7) is 3.86. The second-order valence-electron chi connectivity index (χ2n) is 3.45. The Balaban J connectivity index is 2.66. The standard InChI is InChI=1S/C10H16N2O3/c1-3-4-5-6-8-9(15-10(13)14)7(2)11-12-8/h3-6H2,1-2H3,(H,11,12)(H,13,14). The maximum absolute atomic E-state index is 10.4. The molecule has 2 N–H and O–H groups in total. The number of aromatic nitrogens is 2. The molecule has 0 radical (unpaired) electrons. The van der Waals surface area contributed by atoms with Gasteiger partial charge < -0.3 is 9.84 Å². The minimum Gasteiger partial charge on any atom is -0.449 e. The van der Waals surface area contributed by atoms with Gasteiger partial charge in [-0.1, -0.05) is 19.8 Å². The predicted molar refractivity (Wildman–Crippen MR) is 55.2 cm³/mol. The van der Waals surface area contributed by atoms with Crippen molar-refractivity contribution in [3.05, 3.63) is 11.4 Å². The van der Waals surface area contributed by atoms with Gasteiger partial charge in [-0.05, 0) is 19.8 Å². The van der Waals surface area contributed by atoms with Crippen LogP contribution in [0.3, 0.4) is 0 Å². The van der Waals surface area contributed by atoms with E-state index < -0.39 is 6.16 Å². The van der Waals surface area contributed by atoms with Crippen LogP contribution in [0.2, 0.25) is 0 Å². The number of hydrogen-bond acceptors (Lipinski definition) is 3. The van der Waals surface area contributed by atoms with Crippen molar-refractivity contribution in [1.29, 1.82) is 0 Å². The van der Waals surface area contributed by atoms with Crippen LogP contribution >= 0.6 is 0 Å². The number of hydrogen-bond donors (Lipinski definition) is 2. The minimum atomic E-state index is -1.30. The SMILES string of the molecule is CCCCCc1n[nH]c(C)c1OC(=O)O. The van der Waals surface area contributed by atoms with E-state index in [9.17, 15) is 4.79 Å². The summed E-state index contributed by atoms with van der Waals surface area (Å²) in [5.41, 5.74) is 1.35. The lowest BCUT2D eigenvalue weighted by Gasteiger charge is -2.01. The van der Waals surface area contributed by atoms with Crippen LogP contribution in [0.15, 0.2) is 0 Å². The van der Waals surface area contributed by atoms with Gasteiger partial charge in [0, 0.05) is 0 Å². The highest BCUT2D eigenvalue weighted by Gasteiger charge is 2.14. The summed E-state index contributed by atoms with van der Waals surface area (Å²) in [4.78, 5) is 10.4. The van der Waals surface area contributed by atoms with Gasteiger partial charge in [-0.2, -0.15) is 5.10 Å². The lowest BCUT2D eigenvalue weighted by Crippen LogP contribution is -2.05. The van der Waals surface area contributed by atoms with Gasteiger partial charge >= 0.3 is 6.16 Å². The number of nitrogens with one attached hydrogen (secondary N) is 1. The molecular weight excluding hydrogens is 196 g/mol. The smallest absolute Gasteiger partial charge is 0.449 e. The number of aromatic amines is 1. The van der Waals surface area contributed by atoms with Gasteiger partial charge in [0.2, 0.25) is 0 Å². The van der Waals surface area contributed by atoms with E-state index in [4.69, 9.17) is 5.11 Å². The third-order valence-corrected chi connectivity index (χ3v) is 2.17. The molecule has 0 unspecified atom stereocenters. The topological polar surface area (TPSA) is 75.2 Å². The number of ether oxygens (including phenoxy) is 1. The van der Waals surface area contributed by atoms with Crippen molar-refractivity contribution in [2.75, 3.05) is 0 Å². The second kappa shape index (κ2) is 5.38. The molecule has 15 heavy (non-hydrogen) atoms. The van der Waals surface area contributed by atoms with E-state index in [1.165, 1.54) is 0 Å². The molecule has 84 valence electrons. The molecule has 1 heterocycles. The highest BCUT2D eigenvalue weighted by atomic mass is 16.7. The number of carbonyl (C=O) groups is 1. The van der Waals surface area contributed by atoms with Crippen LogP contribution in [-0.4, -0.2) is 21.5 Å². The van der Waals surface area contributed by atoms with Crippen molar-refractivity contribution in [2.24, 2.45) is 0 Å². The van der Waals surface area contributed by atoms with Gasteiger partial charge in [-0.3, -0.25) is 5.10 Å². The van der Waals surface area contributed by atoms with E-state index >= 15 is 0 Å². The molecule has 1 rings (SSSR count). The molecule has 1 aromatic rings. The molecule has 0 fully saturated rings. The van der Waals surface area contributed by atoms with Crippen molar-refractivity contribution in [3.63, 3.8) is 0 Å². The molecule has 0 saturated carbocycles. The Kier molecular flexibility index (Phi) is 4.15. The van der Waals surface area contributed by atoms with Gasteiger partial charge in [0.15, 0.2) is 5.75 Å². The molecule has 5 nitrogen and oxygen atoms in total. The number of aryl methyl sites for hydroxylation is 2. The van der Waals surface area contributed by atoms with Crippen LogP contribution < -0.4 is 4.74 Å². The fourth-order valence-corrected chi connectivity index (χ4v) is 1.40. The Hall–Kier alpha value is -1.52. The van der Waals surface area contributed by atoms with Gasteiger partial charge in [-0.25, -0.2) is 4.79 Å². The molecule has 0 aliphatic heterocycles. The number of H-pyrrole nitrogens is 1. The predicted octanol–water partition coefficient (Wildman–Crippen LogP) is 2.51. The molecule has 5 heteroatoms. The third-order valence-electron chi connectivity index (χ3n) is 2.17. The summed E-state index contributed by atoms with van der Waals surface area (Å²) in [5.74, 6) is 0.360. The molecule has 1 aromatic heterocycles. The van der Waals surface area contributed by atoms with E-state index in [1.54, 1.807) is 6.92 Å². The van der Waals surface area contributed by atoms with Crippen LogP contribution in [0.1, 0.15) is 37.6 Å². The van der Waals surface area contributed by atoms with E-state index in [2.05, 4.69) is 21.9 Å². The zero-order chi connectivity index (χ0) is 11.3. The molecule has 0 aromatic carbocycles. The summed E-state index contributed by atoms with van der Waals surface area (Å²) in [6.07, 6.45) is 2.69. The van der Waals surface area contributed by atoms with Crippen molar-refractivity contribution < 1.29 is 14.6 Å². The zero-order valence-corrected chi connectivity index (χ0v) is 9.04. The van der Waals surface area contributed by atoms with E-state index in [1.807, 2.05) is 0 Å². The van der Waals surface area contributed by atoms with E-state index in [0.717, 1.165) is 25.7 Å². The first-order chi connectivity index (χ1) is 7.15. The van der Waals surface area contributed by atoms with Crippen LogP contribution in [-0.2, 0) is 6.42 Å². The first kappa shape index (κ1) is 11.6. The van der Waals surface area contributed by atoms with Crippen LogP contribution in [0.4, 0.5) is 4.79 Å². The average Bonchev–Trinajstić information content (AvgIpc) is 2.49. The summed E-state index contributed by atoms with van der Waals surface area (Å²) in [6, 6.07) is 0. The van der Waals surface area contributed by atoms with Gasteiger partial charge in [0.25, 0.3) is 0 Å². The van der Waals surface area contributed by atoms with Crippen molar-refractivity contribution in [3.8, 4) is 5.75 Å². The summed E-state index contributed by atoms with van der Waals surface area (Å²) in [5, 5.41) is 15.3. The van der Waals surface area contributed by atoms with E-state index in [0.29, 0.717) is 17.1 Å². The largest absolute Gasteiger partial charge is 0.511 e. The van der Waals surface area contributed by atoms with E-state index in [-0.39, 0.29) is 0 Å². The monoisotopic (exact) mass is 212 g/mol. The van der Waals surface area contributed by atoms with Crippen molar-refractivity contribution in [2.45, 2.75) is 39.5 Å². The molecule has 0 bridgehead atoms. The Morgan fingerprint density at radius 2 is 2.27 bits per heavy atom. The van der Waals surface area contributed by atoms with Gasteiger partial charge in [-0.15, -0.1) is 0 Å². The number of carboxylic acid groups (broad SMARTS) is 1. The van der Waals surface area contributed by atoms with Crippen LogP contribution in [0.25, 0.3) is 0 Å². The summed E-state index contributed by atoms with van der Waals surface area (Å²) in [7, 11) is 0. The van der Waals surface area contributed by atoms with Gasteiger partial charge in [0.1, 0.15) is 5.69 Å². The average molecular weight is 212 g/mol. The van der Waals surface area contributed by atoms with Crippen molar-refractivity contribution in [1.82, 2.24) is 10.2 Å². The summed E-state index contributed by atoms with van der Waals surface area (Å²) >= 11 is 0. The Bertz CT molecular complexity index is 333. The number of unbranched alkanes of at least 4 members (excludes halogenated alkanes) is 2. The number of nitrogens with zero attached hydrogens (tertiary/aromatic N) is 1. The number of rotatable bonds is 5. The third kappa shape index (κ3) is 3.27. The Morgan fingerprint density at radius 1 is 1.53 bits per heavy atom. The highest BCUT2D eigenvalue weighted by molar-refractivity contribution is 5.62. The minimum absolute atomic E-state index is 0.360. The molecule has 0 atom stereocenters. The first-order valence-corrected chi connectivity index (χ1v) is 5.09. The molecule has 0 amide bonds. The molecule has 0 aliphatic carbocycles. The fraction of sp³-hybridized carbons (Fsp3) is 0.600. The quantitative estimate of drug-likeness (QED) is 0.580. The first-order valence-electron chi connectivity index (χ1n) is 5.09. The summed E-state index contributed by atoms with van der Waals surface area (Å²) < 4.78 is 4.67. The second-order valence-corrected chi connectivity index (χ2v) is 3.45. The lowest BCUT2D eigenvalue weighted by molar-refractivity contribution is 0.143. The highest BCUT2D eigenvalue weighted by Crippen LogP contribution is 2.22. The lowest BCUT2D eigenvalue weighted by atomic mass is 10.1. The Labute approximate surface area is 88.5 Å².